The molecular formula is C14H20FNO. The van der Waals surface area contributed by atoms with E-state index in [1.807, 2.05) is 12.1 Å². The molecule has 2 atom stereocenters. The normalized spacial score (nSPS) is 24.1. The lowest BCUT2D eigenvalue weighted by molar-refractivity contribution is 0.0872. The fourth-order valence-corrected chi connectivity index (χ4v) is 2.41. The molecule has 1 fully saturated rings. The van der Waals surface area contributed by atoms with Gasteiger partial charge >= 0.3 is 0 Å². The van der Waals surface area contributed by atoms with Crippen LogP contribution in [0.15, 0.2) is 24.3 Å². The summed E-state index contributed by atoms with van der Waals surface area (Å²) in [5.41, 5.74) is 0.736. The van der Waals surface area contributed by atoms with E-state index in [0.29, 0.717) is 18.6 Å². The summed E-state index contributed by atoms with van der Waals surface area (Å²) in [5.74, 6) is 0.446. The standard InChI is InChI=1S/C14H20FNO/c1-2-14-12(7-8-17-14)10-16-9-11-5-3-4-6-13(11)15/h3-6,12,14,16H,2,7-10H2,1H3. The number of ether oxygens (including phenoxy) is 1. The van der Waals surface area contributed by atoms with Crippen molar-refractivity contribution in [3.8, 4) is 0 Å². The molecule has 1 N–H and O–H groups in total. The quantitative estimate of drug-likeness (QED) is 0.850. The van der Waals surface area contributed by atoms with Gasteiger partial charge in [0.1, 0.15) is 5.82 Å². The lowest BCUT2D eigenvalue weighted by Gasteiger charge is -2.17. The molecule has 0 amide bonds. The maximum atomic E-state index is 13.4. The van der Waals surface area contributed by atoms with Crippen LogP contribution in [0.4, 0.5) is 4.39 Å². The second-order valence-corrected chi connectivity index (χ2v) is 4.59. The van der Waals surface area contributed by atoms with Crippen molar-refractivity contribution in [1.82, 2.24) is 5.32 Å². The van der Waals surface area contributed by atoms with E-state index in [1.165, 1.54) is 6.07 Å². The molecule has 2 rings (SSSR count). The lowest BCUT2D eigenvalue weighted by Crippen LogP contribution is -2.28. The Bertz CT molecular complexity index is 356. The molecule has 0 spiro atoms. The number of nitrogens with one attached hydrogen (secondary N) is 1. The first-order valence-electron chi connectivity index (χ1n) is 6.37. The largest absolute Gasteiger partial charge is 0.378 e. The van der Waals surface area contributed by atoms with Gasteiger partial charge in [0.05, 0.1) is 6.10 Å². The third kappa shape index (κ3) is 3.27. The van der Waals surface area contributed by atoms with Crippen molar-refractivity contribution in [2.45, 2.75) is 32.4 Å². The molecule has 17 heavy (non-hydrogen) atoms. The van der Waals surface area contributed by atoms with E-state index in [0.717, 1.165) is 31.6 Å². The first-order chi connectivity index (χ1) is 8.31. The van der Waals surface area contributed by atoms with Crippen LogP contribution >= 0.6 is 0 Å². The smallest absolute Gasteiger partial charge is 0.127 e. The topological polar surface area (TPSA) is 21.3 Å². The van der Waals surface area contributed by atoms with Crippen molar-refractivity contribution in [2.75, 3.05) is 13.2 Å². The van der Waals surface area contributed by atoms with Gasteiger partial charge in [-0.15, -0.1) is 0 Å². The van der Waals surface area contributed by atoms with Gasteiger partial charge in [0.15, 0.2) is 0 Å². The van der Waals surface area contributed by atoms with Crippen LogP contribution in [-0.4, -0.2) is 19.3 Å². The average molecular weight is 237 g/mol. The number of hydrogen-bond donors (Lipinski definition) is 1. The third-order valence-electron chi connectivity index (χ3n) is 3.43. The summed E-state index contributed by atoms with van der Waals surface area (Å²) in [7, 11) is 0. The van der Waals surface area contributed by atoms with E-state index in [1.54, 1.807) is 6.07 Å². The number of halogens is 1. The van der Waals surface area contributed by atoms with Crippen LogP contribution in [0.2, 0.25) is 0 Å². The van der Waals surface area contributed by atoms with Crippen molar-refractivity contribution in [3.05, 3.63) is 35.6 Å². The summed E-state index contributed by atoms with van der Waals surface area (Å²) < 4.78 is 19.0. The summed E-state index contributed by atoms with van der Waals surface area (Å²) in [6.07, 6.45) is 2.55. The SMILES string of the molecule is CCC1OCCC1CNCc1ccccc1F. The maximum absolute atomic E-state index is 13.4. The zero-order valence-electron chi connectivity index (χ0n) is 10.3. The molecule has 94 valence electrons. The van der Waals surface area contributed by atoms with Crippen LogP contribution in [-0.2, 0) is 11.3 Å². The molecule has 1 aromatic rings. The second-order valence-electron chi connectivity index (χ2n) is 4.59. The summed E-state index contributed by atoms with van der Waals surface area (Å²) in [4.78, 5) is 0. The minimum atomic E-state index is -0.130. The summed E-state index contributed by atoms with van der Waals surface area (Å²) in [5, 5.41) is 3.33. The van der Waals surface area contributed by atoms with Gasteiger partial charge in [0.2, 0.25) is 0 Å². The van der Waals surface area contributed by atoms with Crippen LogP contribution in [0.1, 0.15) is 25.3 Å². The highest BCUT2D eigenvalue weighted by Crippen LogP contribution is 2.22. The zero-order chi connectivity index (χ0) is 12.1. The van der Waals surface area contributed by atoms with Gasteiger partial charge in [0.25, 0.3) is 0 Å². The Hall–Kier alpha value is -0.930. The van der Waals surface area contributed by atoms with E-state index in [2.05, 4.69) is 12.2 Å². The minimum absolute atomic E-state index is 0.130. The molecule has 1 aliphatic rings. The van der Waals surface area contributed by atoms with Crippen LogP contribution in [0.5, 0.6) is 0 Å². The Balaban J connectivity index is 1.78. The fourth-order valence-electron chi connectivity index (χ4n) is 2.41. The van der Waals surface area contributed by atoms with E-state index < -0.39 is 0 Å². The summed E-state index contributed by atoms with van der Waals surface area (Å²) in [6.45, 7) is 4.52. The van der Waals surface area contributed by atoms with Crippen molar-refractivity contribution in [3.63, 3.8) is 0 Å². The molecule has 3 heteroatoms. The van der Waals surface area contributed by atoms with Gasteiger partial charge in [-0.1, -0.05) is 25.1 Å². The Morgan fingerprint density at radius 3 is 3.00 bits per heavy atom. The summed E-state index contributed by atoms with van der Waals surface area (Å²) in [6, 6.07) is 6.92. The molecule has 0 radical (unpaired) electrons. The highest BCUT2D eigenvalue weighted by Gasteiger charge is 2.25. The Kier molecular flexibility index (Phi) is 4.51. The first-order valence-corrected chi connectivity index (χ1v) is 6.37. The number of rotatable bonds is 5. The van der Waals surface area contributed by atoms with E-state index in [4.69, 9.17) is 4.74 Å². The molecule has 1 aromatic carbocycles. The fraction of sp³-hybridized carbons (Fsp3) is 0.571. The molecule has 1 aliphatic heterocycles. The minimum Gasteiger partial charge on any atom is -0.378 e. The Morgan fingerprint density at radius 1 is 1.41 bits per heavy atom. The van der Waals surface area contributed by atoms with Gasteiger partial charge in [-0.05, 0) is 24.8 Å². The van der Waals surface area contributed by atoms with Gasteiger partial charge < -0.3 is 10.1 Å². The van der Waals surface area contributed by atoms with Gasteiger partial charge in [0, 0.05) is 25.3 Å². The number of benzene rings is 1. The van der Waals surface area contributed by atoms with Crippen LogP contribution in [0, 0.1) is 11.7 Å². The van der Waals surface area contributed by atoms with Crippen molar-refractivity contribution < 1.29 is 9.13 Å². The van der Waals surface area contributed by atoms with E-state index >= 15 is 0 Å². The second kappa shape index (κ2) is 6.12. The predicted molar refractivity (Wildman–Crippen MR) is 66.2 cm³/mol. The van der Waals surface area contributed by atoms with Gasteiger partial charge in [-0.3, -0.25) is 0 Å². The van der Waals surface area contributed by atoms with Gasteiger partial charge in [-0.25, -0.2) is 4.39 Å². The third-order valence-corrected chi connectivity index (χ3v) is 3.43. The van der Waals surface area contributed by atoms with Crippen molar-refractivity contribution in [1.29, 1.82) is 0 Å². The van der Waals surface area contributed by atoms with Crippen LogP contribution in [0.25, 0.3) is 0 Å². The van der Waals surface area contributed by atoms with Crippen molar-refractivity contribution >= 4 is 0 Å². The van der Waals surface area contributed by atoms with E-state index in [9.17, 15) is 4.39 Å². The molecule has 0 bridgehead atoms. The highest BCUT2D eigenvalue weighted by molar-refractivity contribution is 5.16. The van der Waals surface area contributed by atoms with Crippen LogP contribution < -0.4 is 5.32 Å². The lowest BCUT2D eigenvalue weighted by atomic mass is 9.99. The molecule has 0 aliphatic carbocycles. The van der Waals surface area contributed by atoms with E-state index in [-0.39, 0.29) is 5.82 Å². The van der Waals surface area contributed by atoms with Gasteiger partial charge in [-0.2, -0.15) is 0 Å². The molecule has 0 aromatic heterocycles. The molecule has 2 nitrogen and oxygen atoms in total. The molecule has 1 saturated heterocycles. The first kappa shape index (κ1) is 12.5. The maximum Gasteiger partial charge on any atom is 0.127 e. The predicted octanol–water partition coefficient (Wildman–Crippen LogP) is 2.73. The zero-order valence-corrected chi connectivity index (χ0v) is 10.3. The monoisotopic (exact) mass is 237 g/mol. The molecule has 1 heterocycles. The highest BCUT2D eigenvalue weighted by atomic mass is 19.1. The van der Waals surface area contributed by atoms with Crippen molar-refractivity contribution in [2.24, 2.45) is 5.92 Å². The average Bonchev–Trinajstić information content (AvgIpc) is 2.79. The molecule has 0 saturated carbocycles. The Morgan fingerprint density at radius 2 is 2.24 bits per heavy atom. The number of hydrogen-bond acceptors (Lipinski definition) is 2. The Labute approximate surface area is 102 Å². The van der Waals surface area contributed by atoms with Crippen LogP contribution in [0.3, 0.4) is 0 Å². The molecule has 2 unspecified atom stereocenters. The summed E-state index contributed by atoms with van der Waals surface area (Å²) >= 11 is 0. The molecular weight excluding hydrogens is 217 g/mol.